The van der Waals surface area contributed by atoms with Crippen LogP contribution in [0.2, 0.25) is 0 Å². The van der Waals surface area contributed by atoms with Crippen LogP contribution in [0.1, 0.15) is 11.1 Å². The number of hydroxylamine groups is 1. The predicted molar refractivity (Wildman–Crippen MR) is 94.9 cm³/mol. The molecular weight excluding hydrogens is 362 g/mol. The van der Waals surface area contributed by atoms with E-state index in [4.69, 9.17) is 5.73 Å². The topological polar surface area (TPSA) is 149 Å². The lowest BCUT2D eigenvalue weighted by atomic mass is 10.2. The van der Waals surface area contributed by atoms with Gasteiger partial charge in [0.15, 0.2) is 0 Å². The molecule has 0 radical (unpaired) electrons. The average molecular weight is 377 g/mol. The molecule has 0 aliphatic heterocycles. The molecule has 2 aromatic rings. The van der Waals surface area contributed by atoms with Gasteiger partial charge in [0.25, 0.3) is 5.69 Å². The number of nitrogens with zero attached hydrogens (tertiary/aromatic N) is 3. The monoisotopic (exact) mass is 377 g/mol. The minimum Gasteiger partial charge on any atom is -0.367 e. The molecular formula is C15H15N5O5S. The van der Waals surface area contributed by atoms with E-state index >= 15 is 0 Å². The first-order valence-corrected chi connectivity index (χ1v) is 8.56. The van der Waals surface area contributed by atoms with Crippen molar-refractivity contribution >= 4 is 28.0 Å². The Morgan fingerprint density at radius 3 is 2.54 bits per heavy atom. The SMILES string of the molecule is Cc1ccc(S(=O)(=O)ONC(N)=NN=Cc2ccccc2[N+](=O)[O-])cc1. The Morgan fingerprint density at radius 2 is 1.88 bits per heavy atom. The first kappa shape index (κ1) is 19.0. The molecule has 0 saturated heterocycles. The smallest absolute Gasteiger partial charge is 0.317 e. The summed E-state index contributed by atoms with van der Waals surface area (Å²) in [4.78, 5) is 10.2. The van der Waals surface area contributed by atoms with E-state index in [1.54, 1.807) is 18.2 Å². The van der Waals surface area contributed by atoms with Gasteiger partial charge in [0, 0.05) is 6.07 Å². The Kier molecular flexibility index (Phi) is 5.98. The maximum absolute atomic E-state index is 12.0. The van der Waals surface area contributed by atoms with Gasteiger partial charge in [0.1, 0.15) is 0 Å². The fourth-order valence-electron chi connectivity index (χ4n) is 1.79. The summed E-state index contributed by atoms with van der Waals surface area (Å²) in [5.74, 6) is -0.449. The summed E-state index contributed by atoms with van der Waals surface area (Å²) in [5.41, 5.74) is 8.34. The van der Waals surface area contributed by atoms with Crippen LogP contribution in [0.15, 0.2) is 63.6 Å². The minimum atomic E-state index is -4.08. The van der Waals surface area contributed by atoms with Crippen LogP contribution in [0.5, 0.6) is 0 Å². The molecule has 0 aliphatic rings. The second kappa shape index (κ2) is 8.18. The van der Waals surface area contributed by atoms with Gasteiger partial charge in [0.2, 0.25) is 5.96 Å². The van der Waals surface area contributed by atoms with E-state index in [0.717, 1.165) is 11.8 Å². The van der Waals surface area contributed by atoms with Crippen LogP contribution in [0.25, 0.3) is 0 Å². The molecule has 136 valence electrons. The number of para-hydroxylation sites is 1. The number of rotatable bonds is 6. The number of nitro benzene ring substituents is 1. The van der Waals surface area contributed by atoms with E-state index in [1.165, 1.54) is 30.3 Å². The van der Waals surface area contributed by atoms with Gasteiger partial charge >= 0.3 is 10.1 Å². The lowest BCUT2D eigenvalue weighted by Gasteiger charge is -2.06. The first-order chi connectivity index (χ1) is 12.3. The average Bonchev–Trinajstić information content (AvgIpc) is 2.61. The summed E-state index contributed by atoms with van der Waals surface area (Å²) in [6.07, 6.45) is 1.11. The lowest BCUT2D eigenvalue weighted by molar-refractivity contribution is -0.385. The Balaban J connectivity index is 2.03. The Labute approximate surface area is 149 Å². The Hall–Kier alpha value is -3.31. The molecule has 0 amide bonds. The zero-order chi connectivity index (χ0) is 19.2. The molecule has 0 aromatic heterocycles. The second-order valence-corrected chi connectivity index (χ2v) is 6.54. The number of hydrogen-bond acceptors (Lipinski definition) is 7. The number of benzene rings is 2. The quantitative estimate of drug-likeness (QED) is 0.335. The van der Waals surface area contributed by atoms with Gasteiger partial charge < -0.3 is 5.73 Å². The van der Waals surface area contributed by atoms with Crippen LogP contribution in [-0.4, -0.2) is 25.5 Å². The van der Waals surface area contributed by atoms with E-state index in [9.17, 15) is 18.5 Å². The zero-order valence-electron chi connectivity index (χ0n) is 13.6. The first-order valence-electron chi connectivity index (χ1n) is 7.15. The largest absolute Gasteiger partial charge is 0.367 e. The lowest BCUT2D eigenvalue weighted by Crippen LogP contribution is -2.33. The Morgan fingerprint density at radius 1 is 1.23 bits per heavy atom. The molecule has 0 unspecified atom stereocenters. The minimum absolute atomic E-state index is 0.0631. The normalized spacial score (nSPS) is 12.3. The predicted octanol–water partition coefficient (Wildman–Crippen LogP) is 1.46. The molecule has 11 heteroatoms. The summed E-state index contributed by atoms with van der Waals surface area (Å²) in [6, 6.07) is 11.9. The molecule has 3 N–H and O–H groups in total. The zero-order valence-corrected chi connectivity index (χ0v) is 14.4. The standard InChI is InChI=1S/C15H15N5O5S/c1-11-6-8-13(9-7-11)26(23,24)25-19-15(16)18-17-10-12-4-2-3-5-14(12)20(21)22/h2-10H,1H3,(H3,16,18,19). The number of nitrogens with two attached hydrogens (primary N) is 1. The highest BCUT2D eigenvalue weighted by Gasteiger charge is 2.15. The third-order valence-electron chi connectivity index (χ3n) is 3.06. The van der Waals surface area contributed by atoms with E-state index in [2.05, 4.69) is 14.5 Å². The molecule has 10 nitrogen and oxygen atoms in total. The summed E-state index contributed by atoms with van der Waals surface area (Å²) < 4.78 is 28.5. The van der Waals surface area contributed by atoms with Gasteiger partial charge in [-0.2, -0.15) is 13.5 Å². The van der Waals surface area contributed by atoms with E-state index in [1.807, 2.05) is 12.4 Å². The second-order valence-electron chi connectivity index (χ2n) is 5.00. The third-order valence-corrected chi connectivity index (χ3v) is 4.21. The third kappa shape index (κ3) is 5.09. The highest BCUT2D eigenvalue weighted by Crippen LogP contribution is 2.15. The van der Waals surface area contributed by atoms with Crippen molar-refractivity contribution in [2.75, 3.05) is 0 Å². The van der Waals surface area contributed by atoms with Crippen LogP contribution in [-0.2, 0) is 14.4 Å². The number of hydrogen-bond donors (Lipinski definition) is 2. The van der Waals surface area contributed by atoms with Crippen molar-refractivity contribution in [2.45, 2.75) is 11.8 Å². The number of nitrogens with one attached hydrogen (secondary N) is 1. The molecule has 0 bridgehead atoms. The molecule has 0 saturated carbocycles. The van der Waals surface area contributed by atoms with Gasteiger partial charge in [-0.15, -0.1) is 9.39 Å². The van der Waals surface area contributed by atoms with Crippen molar-refractivity contribution < 1.29 is 17.6 Å². The van der Waals surface area contributed by atoms with Gasteiger partial charge in [-0.3, -0.25) is 10.1 Å². The summed E-state index contributed by atoms with van der Waals surface area (Å²) in [5, 5.41) is 17.9. The van der Waals surface area contributed by atoms with Crippen molar-refractivity contribution in [3.63, 3.8) is 0 Å². The van der Waals surface area contributed by atoms with E-state index < -0.39 is 21.0 Å². The van der Waals surface area contributed by atoms with Crippen LogP contribution >= 0.6 is 0 Å². The highest BCUT2D eigenvalue weighted by molar-refractivity contribution is 7.86. The number of aryl methyl sites for hydroxylation is 1. The van der Waals surface area contributed by atoms with Crippen molar-refractivity contribution in [1.29, 1.82) is 0 Å². The van der Waals surface area contributed by atoms with Crippen molar-refractivity contribution in [2.24, 2.45) is 15.9 Å². The molecule has 0 heterocycles. The van der Waals surface area contributed by atoms with Gasteiger partial charge in [-0.05, 0) is 25.1 Å². The van der Waals surface area contributed by atoms with E-state index in [0.29, 0.717) is 0 Å². The summed E-state index contributed by atoms with van der Waals surface area (Å²) >= 11 is 0. The molecule has 0 aliphatic carbocycles. The van der Waals surface area contributed by atoms with Gasteiger partial charge in [0.05, 0.1) is 21.6 Å². The fourth-order valence-corrected chi connectivity index (χ4v) is 2.55. The molecule has 2 rings (SSSR count). The Bertz CT molecular complexity index is 955. The highest BCUT2D eigenvalue weighted by atomic mass is 32.2. The molecule has 0 spiro atoms. The number of guanidine groups is 1. The summed E-state index contributed by atoms with van der Waals surface area (Å²) in [6.45, 7) is 1.81. The van der Waals surface area contributed by atoms with E-state index in [-0.39, 0.29) is 16.1 Å². The summed E-state index contributed by atoms with van der Waals surface area (Å²) in [7, 11) is -4.08. The molecule has 0 atom stereocenters. The maximum Gasteiger partial charge on any atom is 0.317 e. The molecule has 2 aromatic carbocycles. The van der Waals surface area contributed by atoms with Crippen LogP contribution in [0.3, 0.4) is 0 Å². The molecule has 26 heavy (non-hydrogen) atoms. The maximum atomic E-state index is 12.0. The van der Waals surface area contributed by atoms with Crippen molar-refractivity contribution in [3.05, 3.63) is 69.8 Å². The number of nitro groups is 1. The molecule has 0 fully saturated rings. The fraction of sp³-hybridized carbons (Fsp3) is 0.0667. The van der Waals surface area contributed by atoms with Crippen molar-refractivity contribution in [3.8, 4) is 0 Å². The van der Waals surface area contributed by atoms with Crippen LogP contribution < -0.4 is 11.2 Å². The van der Waals surface area contributed by atoms with Gasteiger partial charge in [-0.1, -0.05) is 29.8 Å². The van der Waals surface area contributed by atoms with Crippen molar-refractivity contribution in [1.82, 2.24) is 5.48 Å². The van der Waals surface area contributed by atoms with Crippen LogP contribution in [0, 0.1) is 17.0 Å². The van der Waals surface area contributed by atoms with Crippen LogP contribution in [0.4, 0.5) is 5.69 Å². The van der Waals surface area contributed by atoms with Gasteiger partial charge in [-0.25, -0.2) is 5.48 Å².